The van der Waals surface area contributed by atoms with Crippen LogP contribution < -0.4 is 5.32 Å². The van der Waals surface area contributed by atoms with Gasteiger partial charge < -0.3 is 14.5 Å². The molecule has 0 aliphatic carbocycles. The van der Waals surface area contributed by atoms with Crippen LogP contribution in [0.15, 0.2) is 89.7 Å². The predicted octanol–water partition coefficient (Wildman–Crippen LogP) is 5.33. The summed E-state index contributed by atoms with van der Waals surface area (Å²) < 4.78 is 10.4. The van der Waals surface area contributed by atoms with E-state index in [0.29, 0.717) is 11.3 Å². The van der Waals surface area contributed by atoms with Crippen molar-refractivity contribution >= 4 is 29.2 Å². The molecular weight excluding hydrogens is 480 g/mol. The van der Waals surface area contributed by atoms with E-state index < -0.39 is 0 Å². The number of ether oxygens (including phenoxy) is 1. The van der Waals surface area contributed by atoms with Gasteiger partial charge >= 0.3 is 0 Å². The maximum Gasteiger partial charge on any atom is 0.295 e. The van der Waals surface area contributed by atoms with Gasteiger partial charge in [0.2, 0.25) is 5.90 Å². The number of likely N-dealkylation sites (tertiary alicyclic amines) is 1. The van der Waals surface area contributed by atoms with E-state index in [1.165, 1.54) is 23.7 Å². The number of anilines is 1. The monoisotopic (exact) mass is 512 g/mol. The van der Waals surface area contributed by atoms with E-state index in [2.05, 4.69) is 22.3 Å². The van der Waals surface area contributed by atoms with Crippen molar-refractivity contribution in [2.45, 2.75) is 32.4 Å². The summed E-state index contributed by atoms with van der Waals surface area (Å²) in [5.74, 6) is -0.246. The minimum absolute atomic E-state index is 0.0612. The summed E-state index contributed by atoms with van der Waals surface area (Å²) in [6.07, 6.45) is 6.11. The molecule has 9 nitrogen and oxygen atoms in total. The molecule has 4 rings (SSSR count). The van der Waals surface area contributed by atoms with Crippen molar-refractivity contribution in [2.24, 2.45) is 0 Å². The first-order valence-corrected chi connectivity index (χ1v) is 12.5. The van der Waals surface area contributed by atoms with Gasteiger partial charge in [-0.3, -0.25) is 30.8 Å². The van der Waals surface area contributed by atoms with Crippen molar-refractivity contribution < 1.29 is 13.9 Å². The van der Waals surface area contributed by atoms with Crippen LogP contribution >= 0.6 is 0 Å². The molecule has 1 saturated heterocycles. The van der Waals surface area contributed by atoms with Gasteiger partial charge in [-0.25, -0.2) is 0 Å². The lowest BCUT2D eigenvalue weighted by Gasteiger charge is -2.37. The Morgan fingerprint density at radius 3 is 2.53 bits per heavy atom. The van der Waals surface area contributed by atoms with Crippen LogP contribution in [0.4, 0.5) is 5.69 Å². The van der Waals surface area contributed by atoms with Gasteiger partial charge in [0.15, 0.2) is 11.7 Å². The Hall–Kier alpha value is -4.50. The van der Waals surface area contributed by atoms with E-state index in [4.69, 9.17) is 25.4 Å². The average molecular weight is 513 g/mol. The smallest absolute Gasteiger partial charge is 0.295 e. The molecule has 196 valence electrons. The fourth-order valence-electron chi connectivity index (χ4n) is 4.43. The first kappa shape index (κ1) is 26.6. The molecule has 0 saturated carbocycles. The Morgan fingerprint density at radius 2 is 1.84 bits per heavy atom. The summed E-state index contributed by atoms with van der Waals surface area (Å²) in [6, 6.07) is 20.5. The molecule has 0 atom stereocenters. The average Bonchev–Trinajstić information content (AvgIpc) is 3.45. The molecular formula is C29H32N6O3. The minimum Gasteiger partial charge on any atom is -0.459 e. The second-order valence-corrected chi connectivity index (χ2v) is 9.08. The van der Waals surface area contributed by atoms with Crippen molar-refractivity contribution in [2.75, 3.05) is 18.4 Å². The highest BCUT2D eigenvalue weighted by atomic mass is 16.5. The normalized spacial score (nSPS) is 14.2. The molecule has 1 aliphatic heterocycles. The summed E-state index contributed by atoms with van der Waals surface area (Å²) in [6.45, 7) is 3.98. The van der Waals surface area contributed by atoms with E-state index in [1.807, 2.05) is 24.3 Å². The number of carbonyl (C=O) groups is 1. The molecule has 0 unspecified atom stereocenters. The van der Waals surface area contributed by atoms with E-state index in [9.17, 15) is 4.79 Å². The molecule has 0 bridgehead atoms. The van der Waals surface area contributed by atoms with Crippen LogP contribution in [0.1, 0.15) is 41.4 Å². The minimum atomic E-state index is -0.333. The van der Waals surface area contributed by atoms with E-state index in [-0.39, 0.29) is 35.3 Å². The van der Waals surface area contributed by atoms with Crippen molar-refractivity contribution in [3.8, 4) is 0 Å². The quantitative estimate of drug-likeness (QED) is 0.239. The summed E-state index contributed by atoms with van der Waals surface area (Å²) in [5, 5.41) is 27.2. The highest BCUT2D eigenvalue weighted by Crippen LogP contribution is 2.22. The molecule has 2 heterocycles. The van der Waals surface area contributed by atoms with Crippen molar-refractivity contribution in [1.82, 2.24) is 9.80 Å². The molecule has 1 amide bonds. The third-order valence-corrected chi connectivity index (χ3v) is 6.25. The Morgan fingerprint density at radius 1 is 1.08 bits per heavy atom. The van der Waals surface area contributed by atoms with Crippen LogP contribution in [-0.2, 0) is 11.3 Å². The zero-order chi connectivity index (χ0) is 26.9. The SMILES string of the molecule is CC(=N)OC(=N)c1cccc(N/C=C\C(=N)N(C(=O)c2ccco2)C2CCN(Cc3ccccc3)CC2)c1. The van der Waals surface area contributed by atoms with Crippen LogP contribution in [-0.4, -0.2) is 52.5 Å². The second-order valence-electron chi connectivity index (χ2n) is 9.08. The number of rotatable bonds is 8. The van der Waals surface area contributed by atoms with Crippen molar-refractivity contribution in [3.63, 3.8) is 0 Å². The van der Waals surface area contributed by atoms with Gasteiger partial charge in [-0.05, 0) is 54.8 Å². The highest BCUT2D eigenvalue weighted by Gasteiger charge is 2.31. The molecule has 3 aromatic rings. The fourth-order valence-corrected chi connectivity index (χ4v) is 4.43. The zero-order valence-corrected chi connectivity index (χ0v) is 21.3. The Labute approximate surface area is 222 Å². The number of carbonyl (C=O) groups excluding carboxylic acids is 1. The van der Waals surface area contributed by atoms with Crippen LogP contribution in [0.3, 0.4) is 0 Å². The van der Waals surface area contributed by atoms with Crippen molar-refractivity contribution in [1.29, 1.82) is 16.2 Å². The largest absolute Gasteiger partial charge is 0.459 e. The fraction of sp³-hybridized carbons (Fsp3) is 0.241. The summed E-state index contributed by atoms with van der Waals surface area (Å²) in [4.78, 5) is 17.2. The number of piperidine rings is 1. The molecule has 0 spiro atoms. The van der Waals surface area contributed by atoms with Crippen LogP contribution in [0.25, 0.3) is 0 Å². The zero-order valence-electron chi connectivity index (χ0n) is 21.3. The molecule has 1 aliphatic rings. The number of hydrogen-bond donors (Lipinski definition) is 4. The molecule has 9 heteroatoms. The molecule has 0 radical (unpaired) electrons. The van der Waals surface area contributed by atoms with Crippen molar-refractivity contribution in [3.05, 3.63) is 102 Å². The number of nitrogens with zero attached hydrogens (tertiary/aromatic N) is 2. The number of amidine groups is 1. The molecule has 1 aromatic heterocycles. The van der Waals surface area contributed by atoms with Crippen LogP contribution in [0, 0.1) is 16.2 Å². The van der Waals surface area contributed by atoms with Crippen LogP contribution in [0.5, 0.6) is 0 Å². The standard InChI is InChI=1S/C29H32N6O3/c1-21(30)38-28(32)23-9-5-10-24(19-23)33-15-12-27(31)35(29(36)26-11-6-18-37-26)25-13-16-34(17-14-25)20-22-7-3-2-4-8-22/h2-12,15,18-19,25,30-33H,13-14,16-17,20H2,1H3/b15-12-,30-21?,31-27?,32-28?. The molecule has 2 aromatic carbocycles. The van der Waals surface area contributed by atoms with E-state index in [1.54, 1.807) is 42.6 Å². The number of benzene rings is 2. The second kappa shape index (κ2) is 12.6. The summed E-state index contributed by atoms with van der Waals surface area (Å²) >= 11 is 0. The predicted molar refractivity (Wildman–Crippen MR) is 148 cm³/mol. The maximum atomic E-state index is 13.3. The first-order valence-electron chi connectivity index (χ1n) is 12.5. The Balaban J connectivity index is 1.42. The van der Waals surface area contributed by atoms with Gasteiger partial charge in [-0.2, -0.15) is 0 Å². The van der Waals surface area contributed by atoms with Gasteiger partial charge in [0, 0.05) is 50.1 Å². The number of hydrogen-bond acceptors (Lipinski definition) is 8. The van der Waals surface area contributed by atoms with Gasteiger partial charge in [-0.15, -0.1) is 0 Å². The summed E-state index contributed by atoms with van der Waals surface area (Å²) in [7, 11) is 0. The third kappa shape index (κ3) is 7.04. The number of nitrogens with one attached hydrogen (secondary N) is 4. The number of furan rings is 1. The lowest BCUT2D eigenvalue weighted by molar-refractivity contribution is 0.0700. The number of amides is 1. The molecule has 1 fully saturated rings. The van der Waals surface area contributed by atoms with E-state index >= 15 is 0 Å². The lowest BCUT2D eigenvalue weighted by Crippen LogP contribution is -2.49. The molecule has 4 N–H and O–H groups in total. The van der Waals surface area contributed by atoms with Crippen LogP contribution in [0.2, 0.25) is 0 Å². The first-order chi connectivity index (χ1) is 18.4. The Kier molecular flexibility index (Phi) is 8.84. The van der Waals surface area contributed by atoms with E-state index in [0.717, 1.165) is 32.5 Å². The third-order valence-electron chi connectivity index (χ3n) is 6.25. The Bertz CT molecular complexity index is 1290. The van der Waals surface area contributed by atoms with Gasteiger partial charge in [0.1, 0.15) is 5.84 Å². The maximum absolute atomic E-state index is 13.3. The highest BCUT2D eigenvalue weighted by molar-refractivity contribution is 6.08. The van der Waals surface area contributed by atoms with Gasteiger partial charge in [-0.1, -0.05) is 36.4 Å². The summed E-state index contributed by atoms with van der Waals surface area (Å²) in [5.41, 5.74) is 2.46. The topological polar surface area (TPSA) is 130 Å². The van der Waals surface area contributed by atoms with Gasteiger partial charge in [0.25, 0.3) is 5.91 Å². The van der Waals surface area contributed by atoms with Gasteiger partial charge in [0.05, 0.1) is 6.26 Å². The lowest BCUT2D eigenvalue weighted by atomic mass is 10.0. The molecule has 38 heavy (non-hydrogen) atoms.